The molecule has 0 unspecified atom stereocenters. The fourth-order valence-electron chi connectivity index (χ4n) is 1.67. The standard InChI is InChI=1S/C12H4F2/c13-11-4-2-7-5-10(11)8-1-3-9(7)12(14)6-8/h1-3,6H. The Morgan fingerprint density at radius 1 is 1.14 bits per heavy atom. The molecule has 0 saturated heterocycles. The van der Waals surface area contributed by atoms with Gasteiger partial charge in [-0.2, -0.15) is 0 Å². The van der Waals surface area contributed by atoms with Gasteiger partial charge in [-0.1, -0.05) is 12.1 Å². The summed E-state index contributed by atoms with van der Waals surface area (Å²) in [5.41, 5.74) is 1.81. The molecule has 2 radical (unpaired) electrons. The number of fused-ring (bicyclic) bond motifs is 2. The molecule has 4 bridgehead atoms. The molecule has 2 aliphatic rings. The van der Waals surface area contributed by atoms with E-state index in [0.29, 0.717) is 22.3 Å². The van der Waals surface area contributed by atoms with Gasteiger partial charge in [0.1, 0.15) is 11.6 Å². The van der Waals surface area contributed by atoms with E-state index in [1.165, 1.54) is 12.1 Å². The van der Waals surface area contributed by atoms with E-state index in [2.05, 4.69) is 12.1 Å². The zero-order chi connectivity index (χ0) is 9.71. The highest BCUT2D eigenvalue weighted by Crippen LogP contribution is 2.35. The summed E-state index contributed by atoms with van der Waals surface area (Å²) in [6.07, 6.45) is 0. The maximum Gasteiger partial charge on any atom is 0.139 e. The lowest BCUT2D eigenvalue weighted by molar-refractivity contribution is 0.628. The van der Waals surface area contributed by atoms with Crippen LogP contribution in [0, 0.1) is 23.8 Å². The van der Waals surface area contributed by atoms with Crippen molar-refractivity contribution in [2.75, 3.05) is 0 Å². The summed E-state index contributed by atoms with van der Waals surface area (Å²) in [6.45, 7) is 0. The highest BCUT2D eigenvalue weighted by atomic mass is 19.1. The first kappa shape index (κ1) is 7.68. The molecule has 14 heavy (non-hydrogen) atoms. The van der Waals surface area contributed by atoms with Crippen LogP contribution in [0.2, 0.25) is 0 Å². The van der Waals surface area contributed by atoms with Crippen molar-refractivity contribution in [1.82, 2.24) is 0 Å². The minimum absolute atomic E-state index is 0.293. The van der Waals surface area contributed by atoms with Gasteiger partial charge in [0.05, 0.1) is 0 Å². The van der Waals surface area contributed by atoms with Gasteiger partial charge in [-0.05, 0) is 23.3 Å². The Morgan fingerprint density at radius 3 is 2.79 bits per heavy atom. The second-order valence-electron chi connectivity index (χ2n) is 3.21. The van der Waals surface area contributed by atoms with Crippen LogP contribution in [0.15, 0.2) is 24.3 Å². The number of rotatable bonds is 0. The van der Waals surface area contributed by atoms with Crippen molar-refractivity contribution < 1.29 is 8.78 Å². The van der Waals surface area contributed by atoms with Crippen molar-refractivity contribution in [2.45, 2.75) is 0 Å². The number of halogens is 2. The molecule has 0 nitrogen and oxygen atoms in total. The van der Waals surface area contributed by atoms with Crippen LogP contribution in [0.4, 0.5) is 8.78 Å². The average molecular weight is 186 g/mol. The van der Waals surface area contributed by atoms with E-state index < -0.39 is 5.82 Å². The molecule has 0 fully saturated rings. The molecule has 2 heteroatoms. The Bertz CT molecular complexity index is 529. The molecule has 0 heterocycles. The van der Waals surface area contributed by atoms with Crippen LogP contribution in [0.3, 0.4) is 0 Å². The first-order chi connectivity index (χ1) is 6.75. The normalized spacial score (nSPS) is 11.6. The lowest BCUT2D eigenvalue weighted by Crippen LogP contribution is -1.81. The minimum Gasteiger partial charge on any atom is -0.206 e. The maximum absolute atomic E-state index is 13.4. The van der Waals surface area contributed by atoms with Gasteiger partial charge >= 0.3 is 0 Å². The Morgan fingerprint density at radius 2 is 2.00 bits per heavy atom. The zero-order valence-electron chi connectivity index (χ0n) is 7.07. The third-order valence-corrected chi connectivity index (χ3v) is 2.37. The predicted octanol–water partition coefficient (Wildman–Crippen LogP) is 3.21. The first-order valence-electron chi connectivity index (χ1n) is 4.19. The molecule has 0 spiro atoms. The molecule has 2 aromatic rings. The molecule has 66 valence electrons. The third kappa shape index (κ3) is 0.854. The molecule has 4 rings (SSSR count). The van der Waals surface area contributed by atoms with Gasteiger partial charge in [-0.25, -0.2) is 8.78 Å². The molecule has 2 aromatic carbocycles. The molecule has 0 aliphatic heterocycles. The van der Waals surface area contributed by atoms with Crippen LogP contribution < -0.4 is 0 Å². The number of hydrogen-bond donors (Lipinski definition) is 0. The third-order valence-electron chi connectivity index (χ3n) is 2.37. The van der Waals surface area contributed by atoms with E-state index in [1.807, 2.05) is 0 Å². The fraction of sp³-hybridized carbons (Fsp3) is 0. The second kappa shape index (κ2) is 2.41. The van der Waals surface area contributed by atoms with Crippen molar-refractivity contribution >= 4 is 0 Å². The summed E-state index contributed by atoms with van der Waals surface area (Å²) in [4.78, 5) is 0. The first-order valence-corrected chi connectivity index (χ1v) is 4.19. The van der Waals surface area contributed by atoms with E-state index in [0.717, 1.165) is 0 Å². The molecule has 0 N–H and O–H groups in total. The summed E-state index contributed by atoms with van der Waals surface area (Å²) >= 11 is 0. The molecule has 0 amide bonds. The Labute approximate surface area is 79.8 Å². The zero-order valence-corrected chi connectivity index (χ0v) is 7.07. The molecular weight excluding hydrogens is 182 g/mol. The highest BCUT2D eigenvalue weighted by Gasteiger charge is 2.16. The smallest absolute Gasteiger partial charge is 0.139 e. The van der Waals surface area contributed by atoms with Crippen LogP contribution in [0.1, 0.15) is 0 Å². The Hall–Kier alpha value is -1.70. The van der Waals surface area contributed by atoms with Gasteiger partial charge < -0.3 is 0 Å². The van der Waals surface area contributed by atoms with Crippen LogP contribution in [-0.4, -0.2) is 0 Å². The largest absolute Gasteiger partial charge is 0.206 e. The van der Waals surface area contributed by atoms with Gasteiger partial charge in [0, 0.05) is 23.3 Å². The topological polar surface area (TPSA) is 0 Å². The molecule has 0 aromatic heterocycles. The van der Waals surface area contributed by atoms with Crippen LogP contribution in [-0.2, 0) is 0 Å². The van der Waals surface area contributed by atoms with E-state index in [1.54, 1.807) is 12.1 Å². The van der Waals surface area contributed by atoms with Crippen LogP contribution in [0.25, 0.3) is 22.3 Å². The Balaban J connectivity index is 2.51. The summed E-state index contributed by atoms with van der Waals surface area (Å²) in [5, 5.41) is 0. The summed E-state index contributed by atoms with van der Waals surface area (Å²) < 4.78 is 26.7. The van der Waals surface area contributed by atoms with Gasteiger partial charge in [-0.15, -0.1) is 0 Å². The average Bonchev–Trinajstić information content (AvgIpc) is 2.38. The van der Waals surface area contributed by atoms with Gasteiger partial charge in [0.2, 0.25) is 0 Å². The van der Waals surface area contributed by atoms with Crippen molar-refractivity contribution in [1.29, 1.82) is 0 Å². The van der Waals surface area contributed by atoms with Gasteiger partial charge in [0.15, 0.2) is 0 Å². The lowest BCUT2D eigenvalue weighted by atomic mass is 10.1. The second-order valence-corrected chi connectivity index (χ2v) is 3.21. The Kier molecular flexibility index (Phi) is 1.32. The predicted molar refractivity (Wildman–Crippen MR) is 48.5 cm³/mol. The van der Waals surface area contributed by atoms with E-state index >= 15 is 0 Å². The van der Waals surface area contributed by atoms with E-state index in [-0.39, 0.29) is 5.82 Å². The quantitative estimate of drug-likeness (QED) is 0.505. The SMILES string of the molecule is Fc1[c]cc2[c]c1-c1ccc-2c(F)c1. The van der Waals surface area contributed by atoms with Gasteiger partial charge in [-0.3, -0.25) is 0 Å². The molecular formula is C12H4F2. The number of benzene rings is 2. The molecule has 0 atom stereocenters. The minimum atomic E-state index is -0.486. The van der Waals surface area contributed by atoms with Gasteiger partial charge in [0.25, 0.3) is 0 Å². The fourth-order valence-corrected chi connectivity index (χ4v) is 1.67. The van der Waals surface area contributed by atoms with Crippen LogP contribution in [0.5, 0.6) is 0 Å². The summed E-state index contributed by atoms with van der Waals surface area (Å²) in [6, 6.07) is 11.3. The lowest BCUT2D eigenvalue weighted by Gasteiger charge is -1.98. The van der Waals surface area contributed by atoms with Crippen molar-refractivity contribution in [3.8, 4) is 22.3 Å². The van der Waals surface area contributed by atoms with Crippen LogP contribution >= 0.6 is 0 Å². The van der Waals surface area contributed by atoms with Crippen molar-refractivity contribution in [3.05, 3.63) is 48.0 Å². The van der Waals surface area contributed by atoms with E-state index in [4.69, 9.17) is 0 Å². The summed E-state index contributed by atoms with van der Waals surface area (Å²) in [5.74, 6) is -0.826. The van der Waals surface area contributed by atoms with Crippen molar-refractivity contribution in [3.63, 3.8) is 0 Å². The molecule has 0 saturated carbocycles. The summed E-state index contributed by atoms with van der Waals surface area (Å²) in [7, 11) is 0. The molecule has 2 aliphatic carbocycles. The van der Waals surface area contributed by atoms with Crippen molar-refractivity contribution in [2.24, 2.45) is 0 Å². The maximum atomic E-state index is 13.4. The monoisotopic (exact) mass is 186 g/mol. The van der Waals surface area contributed by atoms with E-state index in [9.17, 15) is 8.78 Å². The number of hydrogen-bond acceptors (Lipinski definition) is 0. The highest BCUT2D eigenvalue weighted by molar-refractivity contribution is 5.78.